The van der Waals surface area contributed by atoms with Gasteiger partial charge < -0.3 is 10.1 Å². The van der Waals surface area contributed by atoms with Crippen LogP contribution in [0.4, 0.5) is 5.69 Å². The molecule has 3 rings (SSSR count). The Morgan fingerprint density at radius 1 is 1.15 bits per heavy atom. The van der Waals surface area contributed by atoms with E-state index in [4.69, 9.17) is 4.74 Å². The van der Waals surface area contributed by atoms with Gasteiger partial charge in [0.25, 0.3) is 0 Å². The van der Waals surface area contributed by atoms with E-state index in [2.05, 4.69) is 37.4 Å². The predicted octanol–water partition coefficient (Wildman–Crippen LogP) is 4.64. The maximum Gasteiger partial charge on any atom is 0.122 e. The van der Waals surface area contributed by atoms with Crippen LogP contribution in [0.3, 0.4) is 0 Å². The molecule has 2 atom stereocenters. The Kier molecular flexibility index (Phi) is 4.18. The van der Waals surface area contributed by atoms with Crippen LogP contribution in [0.15, 0.2) is 18.2 Å². The summed E-state index contributed by atoms with van der Waals surface area (Å²) in [7, 11) is 0. The number of fused-ring (bicyclic) bond motifs is 1. The first-order valence-corrected chi connectivity index (χ1v) is 8.24. The van der Waals surface area contributed by atoms with E-state index in [1.54, 1.807) is 0 Å². The molecular formula is C18H27NO. The van der Waals surface area contributed by atoms with Crippen molar-refractivity contribution in [2.45, 2.75) is 58.4 Å². The zero-order chi connectivity index (χ0) is 13.9. The molecule has 0 spiro atoms. The Morgan fingerprint density at radius 2 is 2.05 bits per heavy atom. The molecule has 0 bridgehead atoms. The molecule has 2 aliphatic rings. The molecule has 2 unspecified atom stereocenters. The Bertz CT molecular complexity index is 455. The van der Waals surface area contributed by atoms with Crippen LogP contribution >= 0.6 is 0 Å². The summed E-state index contributed by atoms with van der Waals surface area (Å²) >= 11 is 0. The molecule has 1 fully saturated rings. The summed E-state index contributed by atoms with van der Waals surface area (Å²) in [6.45, 7) is 5.59. The van der Waals surface area contributed by atoms with Crippen molar-refractivity contribution in [1.82, 2.24) is 0 Å². The molecule has 2 heteroatoms. The van der Waals surface area contributed by atoms with Gasteiger partial charge in [-0.15, -0.1) is 0 Å². The van der Waals surface area contributed by atoms with Crippen molar-refractivity contribution in [1.29, 1.82) is 0 Å². The molecule has 1 aromatic rings. The highest BCUT2D eigenvalue weighted by atomic mass is 16.5. The topological polar surface area (TPSA) is 21.3 Å². The van der Waals surface area contributed by atoms with Gasteiger partial charge in [-0.3, -0.25) is 0 Å². The van der Waals surface area contributed by atoms with E-state index < -0.39 is 0 Å². The van der Waals surface area contributed by atoms with Gasteiger partial charge in [-0.25, -0.2) is 0 Å². The molecule has 0 amide bonds. The van der Waals surface area contributed by atoms with Gasteiger partial charge in [0.05, 0.1) is 6.61 Å². The van der Waals surface area contributed by atoms with E-state index >= 15 is 0 Å². The number of rotatable bonds is 3. The minimum absolute atomic E-state index is 0.652. The van der Waals surface area contributed by atoms with E-state index in [1.165, 1.54) is 43.4 Å². The Labute approximate surface area is 122 Å². The van der Waals surface area contributed by atoms with Crippen LogP contribution in [0, 0.1) is 11.8 Å². The molecule has 1 aromatic carbocycles. The maximum absolute atomic E-state index is 5.58. The van der Waals surface area contributed by atoms with E-state index in [9.17, 15) is 0 Å². The van der Waals surface area contributed by atoms with E-state index in [1.807, 2.05) is 0 Å². The highest BCUT2D eigenvalue weighted by Gasteiger charge is 2.21. The highest BCUT2D eigenvalue weighted by Crippen LogP contribution is 2.32. The van der Waals surface area contributed by atoms with Crippen molar-refractivity contribution >= 4 is 5.69 Å². The Balaban J connectivity index is 1.60. The molecule has 0 radical (unpaired) electrons. The number of hydrogen-bond acceptors (Lipinski definition) is 2. The molecule has 1 aliphatic heterocycles. The zero-order valence-electron chi connectivity index (χ0n) is 12.8. The summed E-state index contributed by atoms with van der Waals surface area (Å²) in [5, 5.41) is 3.75. The van der Waals surface area contributed by atoms with E-state index in [-0.39, 0.29) is 0 Å². The third-order valence-electron chi connectivity index (χ3n) is 5.02. The number of hydrogen-bond donors (Lipinski definition) is 1. The summed E-state index contributed by atoms with van der Waals surface area (Å²) in [6.07, 6.45) is 7.85. The molecule has 1 heterocycles. The van der Waals surface area contributed by atoms with Gasteiger partial charge in [0, 0.05) is 18.2 Å². The monoisotopic (exact) mass is 273 g/mol. The third kappa shape index (κ3) is 3.11. The molecular weight excluding hydrogens is 246 g/mol. The summed E-state index contributed by atoms with van der Waals surface area (Å²) in [5.74, 6) is 2.84. The van der Waals surface area contributed by atoms with Gasteiger partial charge in [0.1, 0.15) is 5.75 Å². The normalized spacial score (nSPS) is 25.9. The largest absolute Gasteiger partial charge is 0.493 e. The van der Waals surface area contributed by atoms with Crippen molar-refractivity contribution < 1.29 is 4.74 Å². The van der Waals surface area contributed by atoms with E-state index in [0.717, 1.165) is 30.6 Å². The van der Waals surface area contributed by atoms with Crippen LogP contribution in [0.2, 0.25) is 0 Å². The van der Waals surface area contributed by atoms with Gasteiger partial charge in [-0.1, -0.05) is 26.7 Å². The Hall–Kier alpha value is -1.18. The van der Waals surface area contributed by atoms with Crippen LogP contribution in [-0.2, 0) is 6.42 Å². The lowest BCUT2D eigenvalue weighted by Crippen LogP contribution is -2.18. The Morgan fingerprint density at radius 3 is 2.90 bits per heavy atom. The van der Waals surface area contributed by atoms with Crippen LogP contribution in [0.25, 0.3) is 0 Å². The molecule has 0 aromatic heterocycles. The maximum atomic E-state index is 5.58. The van der Waals surface area contributed by atoms with Crippen LogP contribution in [0.1, 0.15) is 51.5 Å². The van der Waals surface area contributed by atoms with Crippen molar-refractivity contribution in [2.75, 3.05) is 11.9 Å². The fourth-order valence-electron chi connectivity index (χ4n) is 3.65. The third-order valence-corrected chi connectivity index (χ3v) is 5.02. The summed E-state index contributed by atoms with van der Waals surface area (Å²) in [6, 6.07) is 7.24. The van der Waals surface area contributed by atoms with Gasteiger partial charge in [-0.05, 0) is 54.9 Å². The first-order valence-electron chi connectivity index (χ1n) is 8.24. The fourth-order valence-corrected chi connectivity index (χ4v) is 3.65. The zero-order valence-corrected chi connectivity index (χ0v) is 12.8. The van der Waals surface area contributed by atoms with Gasteiger partial charge in [-0.2, -0.15) is 0 Å². The summed E-state index contributed by atoms with van der Waals surface area (Å²) in [4.78, 5) is 0. The van der Waals surface area contributed by atoms with Crippen molar-refractivity contribution in [3.63, 3.8) is 0 Å². The van der Waals surface area contributed by atoms with Crippen molar-refractivity contribution in [3.8, 4) is 5.75 Å². The lowest BCUT2D eigenvalue weighted by molar-refractivity contribution is 0.341. The van der Waals surface area contributed by atoms with Crippen molar-refractivity contribution in [2.24, 2.45) is 11.8 Å². The lowest BCUT2D eigenvalue weighted by Gasteiger charge is -2.20. The first-order chi connectivity index (χ1) is 9.72. The number of nitrogens with one attached hydrogen (secondary N) is 1. The fraction of sp³-hybridized carbons (Fsp3) is 0.667. The molecule has 1 saturated carbocycles. The molecule has 0 saturated heterocycles. The van der Waals surface area contributed by atoms with Crippen LogP contribution in [-0.4, -0.2) is 12.6 Å². The SMILES string of the molecule is CC(C)C1CCCC(Nc2ccc3c(c2)CCO3)CC1. The minimum Gasteiger partial charge on any atom is -0.493 e. The van der Waals surface area contributed by atoms with E-state index in [0.29, 0.717) is 6.04 Å². The summed E-state index contributed by atoms with van der Waals surface area (Å²) in [5.41, 5.74) is 2.64. The van der Waals surface area contributed by atoms with Gasteiger partial charge in [0.15, 0.2) is 0 Å². The predicted molar refractivity (Wildman–Crippen MR) is 84.5 cm³/mol. The smallest absolute Gasteiger partial charge is 0.122 e. The molecule has 20 heavy (non-hydrogen) atoms. The minimum atomic E-state index is 0.652. The number of benzene rings is 1. The second-order valence-electron chi connectivity index (χ2n) is 6.77. The molecule has 1 N–H and O–H groups in total. The first kappa shape index (κ1) is 13.8. The number of ether oxygens (including phenoxy) is 1. The van der Waals surface area contributed by atoms with Gasteiger partial charge in [0.2, 0.25) is 0 Å². The molecule has 2 nitrogen and oxygen atoms in total. The lowest BCUT2D eigenvalue weighted by atomic mass is 9.89. The van der Waals surface area contributed by atoms with Crippen LogP contribution < -0.4 is 10.1 Å². The average Bonchev–Trinajstić information content (AvgIpc) is 2.76. The van der Waals surface area contributed by atoms with Crippen molar-refractivity contribution in [3.05, 3.63) is 23.8 Å². The molecule has 110 valence electrons. The summed E-state index contributed by atoms with van der Waals surface area (Å²) < 4.78 is 5.58. The molecule has 1 aliphatic carbocycles. The second kappa shape index (κ2) is 6.07. The van der Waals surface area contributed by atoms with Gasteiger partial charge >= 0.3 is 0 Å². The number of anilines is 1. The standard InChI is InChI=1S/C18H27NO/c1-13(2)14-4-3-5-16(7-6-14)19-17-8-9-18-15(12-17)10-11-20-18/h8-9,12-14,16,19H,3-7,10-11H2,1-2H3. The quantitative estimate of drug-likeness (QED) is 0.810. The average molecular weight is 273 g/mol. The highest BCUT2D eigenvalue weighted by molar-refractivity contribution is 5.52. The van der Waals surface area contributed by atoms with Crippen LogP contribution in [0.5, 0.6) is 5.75 Å². The second-order valence-corrected chi connectivity index (χ2v) is 6.77.